The van der Waals surface area contributed by atoms with Crippen LogP contribution in [-0.4, -0.2) is 19.8 Å². The second kappa shape index (κ2) is 18.0. The van der Waals surface area contributed by atoms with Crippen LogP contribution >= 0.6 is 11.8 Å². The molecule has 0 aliphatic carbocycles. The number of nitriles is 1. The third-order valence-electron chi connectivity index (χ3n) is 7.32. The summed E-state index contributed by atoms with van der Waals surface area (Å²) < 4.78 is 89.7. The second-order valence-corrected chi connectivity index (χ2v) is 11.4. The van der Waals surface area contributed by atoms with Crippen LogP contribution in [0.3, 0.4) is 0 Å². The van der Waals surface area contributed by atoms with Crippen molar-refractivity contribution in [2.45, 2.75) is 43.9 Å². The normalized spacial score (nSPS) is 11.2. The minimum absolute atomic E-state index is 0.00334. The molecule has 0 radical (unpaired) electrons. The highest BCUT2D eigenvalue weighted by Gasteiger charge is 2.17. The number of hydrogen-bond donors (Lipinski definition) is 0. The highest BCUT2D eigenvalue weighted by molar-refractivity contribution is 8.03. The van der Waals surface area contributed by atoms with Gasteiger partial charge in [0.2, 0.25) is 5.82 Å². The standard InChI is InChI=1S/C38H34F5NO3S/c1-3-5-7-25(17-20-46-29-12-13-30(32(39)23-29)27-21-33(40)38(48-24-44)34(41)22-27)16-19-45-28-10-8-26(9-11-28)31-14-15-35(37(43)36(31)42)47-18-6-4-2/h3,7-15,21-23H,1,4-6,16-20H2,2H3/b25-7+. The number of allylic oxidation sites excluding steroid dienone is 2. The second-order valence-electron chi connectivity index (χ2n) is 10.7. The van der Waals surface area contributed by atoms with Gasteiger partial charge in [0.1, 0.15) is 34.4 Å². The van der Waals surface area contributed by atoms with E-state index in [9.17, 15) is 22.0 Å². The molecule has 0 aliphatic rings. The number of rotatable bonds is 17. The fraction of sp³-hybridized carbons (Fsp3) is 0.237. The van der Waals surface area contributed by atoms with Gasteiger partial charge in [-0.15, -0.1) is 6.58 Å². The molecule has 0 atom stereocenters. The van der Waals surface area contributed by atoms with Crippen LogP contribution in [0.5, 0.6) is 17.2 Å². The molecule has 48 heavy (non-hydrogen) atoms. The van der Waals surface area contributed by atoms with Crippen molar-refractivity contribution in [2.24, 2.45) is 0 Å². The molecule has 0 bridgehead atoms. The molecule has 0 saturated carbocycles. The van der Waals surface area contributed by atoms with Crippen molar-refractivity contribution >= 4 is 11.8 Å². The van der Waals surface area contributed by atoms with Gasteiger partial charge in [-0.05, 0) is 84.3 Å². The number of ether oxygens (including phenoxy) is 3. The maximum Gasteiger partial charge on any atom is 0.201 e. The van der Waals surface area contributed by atoms with Crippen molar-refractivity contribution in [3.05, 3.63) is 120 Å². The SMILES string of the molecule is C=CC/C=C(\CCOc1ccc(-c2ccc(OCCCC)c(F)c2F)cc1)CCOc1ccc(-c2cc(F)c(SC#N)c(F)c2)c(F)c1. The zero-order valence-corrected chi connectivity index (χ0v) is 27.2. The lowest BCUT2D eigenvalue weighted by molar-refractivity contribution is 0.289. The van der Waals surface area contributed by atoms with Gasteiger partial charge < -0.3 is 14.2 Å². The summed E-state index contributed by atoms with van der Waals surface area (Å²) in [5.74, 6) is -3.88. The molecule has 4 aromatic carbocycles. The summed E-state index contributed by atoms with van der Waals surface area (Å²) in [6, 6.07) is 15.6. The van der Waals surface area contributed by atoms with Crippen molar-refractivity contribution in [3.63, 3.8) is 0 Å². The van der Waals surface area contributed by atoms with Gasteiger partial charge >= 0.3 is 0 Å². The summed E-state index contributed by atoms with van der Waals surface area (Å²) >= 11 is 0.360. The van der Waals surface area contributed by atoms with Crippen LogP contribution in [0.1, 0.15) is 39.0 Å². The van der Waals surface area contributed by atoms with E-state index in [1.807, 2.05) is 13.0 Å². The lowest BCUT2D eigenvalue weighted by Crippen LogP contribution is -2.04. The lowest BCUT2D eigenvalue weighted by atomic mass is 10.0. The number of thiocyanates is 1. The summed E-state index contributed by atoms with van der Waals surface area (Å²) in [7, 11) is 0. The van der Waals surface area contributed by atoms with Gasteiger partial charge in [0.25, 0.3) is 0 Å². The quantitative estimate of drug-likeness (QED) is 0.0365. The fourth-order valence-corrected chi connectivity index (χ4v) is 5.18. The van der Waals surface area contributed by atoms with E-state index >= 15 is 0 Å². The molecule has 0 unspecified atom stereocenters. The van der Waals surface area contributed by atoms with Crippen molar-refractivity contribution in [2.75, 3.05) is 19.8 Å². The van der Waals surface area contributed by atoms with Gasteiger partial charge in [-0.2, -0.15) is 9.65 Å². The topological polar surface area (TPSA) is 51.5 Å². The zero-order valence-electron chi connectivity index (χ0n) is 26.3. The summed E-state index contributed by atoms with van der Waals surface area (Å²) in [5, 5.41) is 10.3. The van der Waals surface area contributed by atoms with Gasteiger partial charge in [0, 0.05) is 30.0 Å². The van der Waals surface area contributed by atoms with Crippen molar-refractivity contribution in [3.8, 4) is 44.9 Å². The van der Waals surface area contributed by atoms with E-state index in [0.29, 0.717) is 55.6 Å². The minimum Gasteiger partial charge on any atom is -0.493 e. The minimum atomic E-state index is -1.01. The molecule has 0 aromatic heterocycles. The Hall–Kier alpha value is -4.75. The number of thioether (sulfide) groups is 1. The summed E-state index contributed by atoms with van der Waals surface area (Å²) in [4.78, 5) is -0.439. The molecule has 4 nitrogen and oxygen atoms in total. The first-order valence-corrected chi connectivity index (χ1v) is 16.2. The van der Waals surface area contributed by atoms with Crippen LogP contribution in [0.2, 0.25) is 0 Å². The Morgan fingerprint density at radius 3 is 2.02 bits per heavy atom. The van der Waals surface area contributed by atoms with Crippen LogP contribution in [0.4, 0.5) is 22.0 Å². The van der Waals surface area contributed by atoms with Crippen LogP contribution in [0.15, 0.2) is 95.9 Å². The van der Waals surface area contributed by atoms with E-state index in [0.717, 1.165) is 36.6 Å². The first-order valence-electron chi connectivity index (χ1n) is 15.4. The molecular weight excluding hydrogens is 645 g/mol. The van der Waals surface area contributed by atoms with E-state index in [2.05, 4.69) is 6.58 Å². The molecule has 0 fully saturated rings. The predicted octanol–water partition coefficient (Wildman–Crippen LogP) is 11.2. The highest BCUT2D eigenvalue weighted by atomic mass is 32.2. The molecular formula is C38H34F5NO3S. The fourth-order valence-electron chi connectivity index (χ4n) is 4.78. The number of unbranched alkanes of at least 4 members (excludes halogenated alkanes) is 1. The summed E-state index contributed by atoms with van der Waals surface area (Å²) in [6.07, 6.45) is 7.14. The monoisotopic (exact) mass is 679 g/mol. The molecule has 250 valence electrons. The number of benzene rings is 4. The highest BCUT2D eigenvalue weighted by Crippen LogP contribution is 2.33. The van der Waals surface area contributed by atoms with Gasteiger partial charge in [-0.3, -0.25) is 0 Å². The van der Waals surface area contributed by atoms with Crippen LogP contribution in [-0.2, 0) is 0 Å². The van der Waals surface area contributed by atoms with E-state index in [1.54, 1.807) is 35.7 Å². The Morgan fingerprint density at radius 2 is 1.40 bits per heavy atom. The van der Waals surface area contributed by atoms with E-state index in [1.165, 1.54) is 24.3 Å². The summed E-state index contributed by atoms with van der Waals surface area (Å²) in [6.45, 7) is 6.64. The molecule has 0 N–H and O–H groups in total. The van der Waals surface area contributed by atoms with Gasteiger partial charge in [-0.1, -0.05) is 43.2 Å². The lowest BCUT2D eigenvalue weighted by Gasteiger charge is -2.13. The van der Waals surface area contributed by atoms with Crippen LogP contribution < -0.4 is 14.2 Å². The Morgan fingerprint density at radius 1 is 0.750 bits per heavy atom. The maximum atomic E-state index is 14.9. The third-order valence-corrected chi connectivity index (χ3v) is 8.01. The predicted molar refractivity (Wildman–Crippen MR) is 179 cm³/mol. The van der Waals surface area contributed by atoms with Gasteiger partial charge in [-0.25, -0.2) is 17.6 Å². The van der Waals surface area contributed by atoms with Gasteiger partial charge in [0.05, 0.1) is 24.7 Å². The van der Waals surface area contributed by atoms with E-state index < -0.39 is 34.0 Å². The average Bonchev–Trinajstić information content (AvgIpc) is 3.07. The largest absolute Gasteiger partial charge is 0.493 e. The maximum absolute atomic E-state index is 14.9. The average molecular weight is 680 g/mol. The Labute approximate surface area is 281 Å². The van der Waals surface area contributed by atoms with Gasteiger partial charge in [0.15, 0.2) is 11.6 Å². The molecule has 4 aromatic rings. The van der Waals surface area contributed by atoms with E-state index in [-0.39, 0.29) is 34.8 Å². The molecule has 0 heterocycles. The van der Waals surface area contributed by atoms with Crippen LogP contribution in [0.25, 0.3) is 22.3 Å². The number of hydrogen-bond acceptors (Lipinski definition) is 5. The molecule has 10 heteroatoms. The number of nitrogens with zero attached hydrogens (tertiary/aromatic N) is 1. The molecule has 0 aliphatic heterocycles. The van der Waals surface area contributed by atoms with Crippen LogP contribution in [0, 0.1) is 39.7 Å². The molecule has 0 spiro atoms. The van der Waals surface area contributed by atoms with Crippen molar-refractivity contribution < 1.29 is 36.2 Å². The third kappa shape index (κ3) is 9.64. The Bertz CT molecular complexity index is 1760. The first kappa shape index (κ1) is 36.1. The number of halogens is 5. The first-order chi connectivity index (χ1) is 23.2. The Balaban J connectivity index is 1.30. The zero-order chi connectivity index (χ0) is 34.5. The summed E-state index contributed by atoms with van der Waals surface area (Å²) in [5.41, 5.74) is 1.65. The molecule has 0 saturated heterocycles. The smallest absolute Gasteiger partial charge is 0.201 e. The molecule has 0 amide bonds. The molecule has 4 rings (SSSR count). The van der Waals surface area contributed by atoms with Crippen molar-refractivity contribution in [1.29, 1.82) is 5.26 Å². The van der Waals surface area contributed by atoms with E-state index in [4.69, 9.17) is 19.5 Å². The Kier molecular flexibility index (Phi) is 13.5. The van der Waals surface area contributed by atoms with Crippen molar-refractivity contribution in [1.82, 2.24) is 0 Å².